The summed E-state index contributed by atoms with van der Waals surface area (Å²) in [5.41, 5.74) is 3.89. The Morgan fingerprint density at radius 3 is 2.54 bits per heavy atom. The zero-order valence-corrected chi connectivity index (χ0v) is 15.4. The second-order valence-electron chi connectivity index (χ2n) is 6.90. The molecule has 5 heteroatoms. The van der Waals surface area contributed by atoms with Crippen molar-refractivity contribution >= 4 is 28.4 Å². The van der Waals surface area contributed by atoms with Gasteiger partial charge in [0, 0.05) is 29.0 Å². The number of likely N-dealkylation sites (tertiary alicyclic amines) is 1. The Hall–Kier alpha value is -2.30. The molecule has 0 bridgehead atoms. The summed E-state index contributed by atoms with van der Waals surface area (Å²) in [5.74, 6) is -0.113. The van der Waals surface area contributed by atoms with E-state index in [1.807, 2.05) is 24.3 Å². The smallest absolute Gasteiger partial charge is 0.267 e. The molecule has 1 aromatic heterocycles. The zero-order chi connectivity index (χ0) is 17.9. The van der Waals surface area contributed by atoms with E-state index in [1.165, 1.54) is 31.5 Å². The van der Waals surface area contributed by atoms with Gasteiger partial charge in [-0.1, -0.05) is 35.9 Å². The summed E-state index contributed by atoms with van der Waals surface area (Å²) in [7, 11) is 0. The third kappa shape index (κ3) is 3.92. The molecule has 3 aromatic rings. The highest BCUT2D eigenvalue weighted by Gasteiger charge is 2.12. The van der Waals surface area contributed by atoms with Gasteiger partial charge in [-0.25, -0.2) is 0 Å². The second kappa shape index (κ2) is 7.52. The fraction of sp³-hybridized carbons (Fsp3) is 0.286. The predicted molar refractivity (Wildman–Crippen MR) is 105 cm³/mol. The fourth-order valence-electron chi connectivity index (χ4n) is 3.46. The number of nitrogens with one attached hydrogen (secondary N) is 2. The number of carbonyl (C=O) groups excluding carboxylic acids is 1. The average molecular weight is 368 g/mol. The average Bonchev–Trinajstić information content (AvgIpc) is 3.30. The van der Waals surface area contributed by atoms with Gasteiger partial charge in [-0.2, -0.15) is 0 Å². The number of amides is 1. The number of halogens is 1. The highest BCUT2D eigenvalue weighted by atomic mass is 35.5. The second-order valence-corrected chi connectivity index (χ2v) is 7.33. The van der Waals surface area contributed by atoms with Crippen LogP contribution in [0.4, 0.5) is 0 Å². The molecule has 0 saturated carbocycles. The van der Waals surface area contributed by atoms with Crippen molar-refractivity contribution in [1.82, 2.24) is 15.2 Å². The fourth-order valence-corrected chi connectivity index (χ4v) is 3.65. The van der Waals surface area contributed by atoms with E-state index in [-0.39, 0.29) is 5.91 Å². The first kappa shape index (κ1) is 17.1. The molecule has 2 heterocycles. The predicted octanol–water partition coefficient (Wildman–Crippen LogP) is 4.35. The van der Waals surface area contributed by atoms with Crippen LogP contribution in [0.15, 0.2) is 48.5 Å². The van der Waals surface area contributed by atoms with Gasteiger partial charge in [0.15, 0.2) is 0 Å². The minimum absolute atomic E-state index is 0.113. The first-order chi connectivity index (χ1) is 12.7. The minimum Gasteiger partial charge on any atom is -0.351 e. The van der Waals surface area contributed by atoms with E-state index in [0.29, 0.717) is 17.3 Å². The molecule has 0 radical (unpaired) electrons. The van der Waals surface area contributed by atoms with Crippen LogP contribution in [0.25, 0.3) is 10.9 Å². The number of carbonyl (C=O) groups is 1. The summed E-state index contributed by atoms with van der Waals surface area (Å²) in [5, 5.41) is 4.57. The normalized spacial score (nSPS) is 14.8. The zero-order valence-electron chi connectivity index (χ0n) is 14.6. The summed E-state index contributed by atoms with van der Waals surface area (Å²) < 4.78 is 0. The number of nitrogens with zero attached hydrogens (tertiary/aromatic N) is 1. The van der Waals surface area contributed by atoms with E-state index < -0.39 is 0 Å². The lowest BCUT2D eigenvalue weighted by atomic mass is 10.1. The molecular formula is C21H22ClN3O. The molecule has 1 aliphatic heterocycles. The van der Waals surface area contributed by atoms with Crippen molar-refractivity contribution < 1.29 is 4.79 Å². The van der Waals surface area contributed by atoms with Crippen LogP contribution in [0.5, 0.6) is 0 Å². The van der Waals surface area contributed by atoms with Crippen LogP contribution in [0.1, 0.15) is 34.5 Å². The molecular weight excluding hydrogens is 346 g/mol. The Balaban J connectivity index is 1.35. The molecule has 0 unspecified atom stereocenters. The van der Waals surface area contributed by atoms with Crippen molar-refractivity contribution in [3.05, 3.63) is 70.4 Å². The van der Waals surface area contributed by atoms with Crippen molar-refractivity contribution in [2.75, 3.05) is 13.1 Å². The number of rotatable bonds is 5. The number of hydrogen-bond donors (Lipinski definition) is 2. The van der Waals surface area contributed by atoms with Gasteiger partial charge < -0.3 is 10.3 Å². The molecule has 2 aromatic carbocycles. The van der Waals surface area contributed by atoms with Gasteiger partial charge in [0.2, 0.25) is 0 Å². The molecule has 2 N–H and O–H groups in total. The van der Waals surface area contributed by atoms with Crippen LogP contribution < -0.4 is 5.32 Å². The van der Waals surface area contributed by atoms with Crippen LogP contribution in [0.2, 0.25) is 5.02 Å². The van der Waals surface area contributed by atoms with Crippen LogP contribution in [-0.4, -0.2) is 28.9 Å². The van der Waals surface area contributed by atoms with Gasteiger partial charge in [-0.3, -0.25) is 9.69 Å². The van der Waals surface area contributed by atoms with Gasteiger partial charge in [-0.05, 0) is 61.3 Å². The van der Waals surface area contributed by atoms with E-state index in [0.717, 1.165) is 23.0 Å². The third-order valence-corrected chi connectivity index (χ3v) is 5.14. The van der Waals surface area contributed by atoms with Gasteiger partial charge >= 0.3 is 0 Å². The maximum absolute atomic E-state index is 12.4. The van der Waals surface area contributed by atoms with Crippen molar-refractivity contribution in [3.8, 4) is 0 Å². The van der Waals surface area contributed by atoms with Crippen molar-refractivity contribution in [1.29, 1.82) is 0 Å². The summed E-state index contributed by atoms with van der Waals surface area (Å²) in [4.78, 5) is 18.0. The molecule has 1 amide bonds. The molecule has 134 valence electrons. The Morgan fingerprint density at radius 2 is 1.77 bits per heavy atom. The number of aromatic nitrogens is 1. The standard InChI is InChI=1S/C21H22ClN3O/c22-18-7-8-19-17(11-18)12-20(24-19)21(26)23-13-15-3-5-16(6-4-15)14-25-9-1-2-10-25/h3-8,11-12,24H,1-2,9-10,13-14H2,(H,23,26). The summed E-state index contributed by atoms with van der Waals surface area (Å²) >= 11 is 6.00. The van der Waals surface area contributed by atoms with Gasteiger partial charge in [0.25, 0.3) is 5.91 Å². The summed E-state index contributed by atoms with van der Waals surface area (Å²) in [6.07, 6.45) is 2.62. The first-order valence-electron chi connectivity index (χ1n) is 9.04. The maximum atomic E-state index is 12.4. The molecule has 1 aliphatic rings. The Kier molecular flexibility index (Phi) is 4.96. The number of aromatic amines is 1. The van der Waals surface area contributed by atoms with E-state index >= 15 is 0 Å². The van der Waals surface area contributed by atoms with Gasteiger partial charge in [0.1, 0.15) is 5.69 Å². The lowest BCUT2D eigenvalue weighted by molar-refractivity contribution is 0.0947. The van der Waals surface area contributed by atoms with Crippen LogP contribution in [0, 0.1) is 0 Å². The monoisotopic (exact) mass is 367 g/mol. The topological polar surface area (TPSA) is 48.1 Å². The van der Waals surface area contributed by atoms with Gasteiger partial charge in [0.05, 0.1) is 0 Å². The van der Waals surface area contributed by atoms with Crippen LogP contribution in [0.3, 0.4) is 0 Å². The van der Waals surface area contributed by atoms with E-state index in [9.17, 15) is 4.79 Å². The minimum atomic E-state index is -0.113. The molecule has 4 rings (SSSR count). The number of hydrogen-bond acceptors (Lipinski definition) is 2. The van der Waals surface area contributed by atoms with Crippen LogP contribution >= 0.6 is 11.6 Å². The quantitative estimate of drug-likeness (QED) is 0.704. The third-order valence-electron chi connectivity index (χ3n) is 4.91. The lowest BCUT2D eigenvalue weighted by Gasteiger charge is -2.14. The van der Waals surface area contributed by atoms with Gasteiger partial charge in [-0.15, -0.1) is 0 Å². The Bertz CT molecular complexity index is 911. The van der Waals surface area contributed by atoms with Crippen LogP contribution in [-0.2, 0) is 13.1 Å². The molecule has 0 atom stereocenters. The number of benzene rings is 2. The van der Waals surface area contributed by atoms with Crippen molar-refractivity contribution in [2.45, 2.75) is 25.9 Å². The van der Waals surface area contributed by atoms with Crippen molar-refractivity contribution in [2.24, 2.45) is 0 Å². The molecule has 1 fully saturated rings. The molecule has 0 spiro atoms. The SMILES string of the molecule is O=C(NCc1ccc(CN2CCCC2)cc1)c1cc2cc(Cl)ccc2[nH]1. The molecule has 1 saturated heterocycles. The van der Waals surface area contributed by atoms with E-state index in [2.05, 4.69) is 39.5 Å². The van der Waals surface area contributed by atoms with E-state index in [4.69, 9.17) is 11.6 Å². The highest BCUT2D eigenvalue weighted by Crippen LogP contribution is 2.20. The molecule has 26 heavy (non-hydrogen) atoms. The largest absolute Gasteiger partial charge is 0.351 e. The Labute approximate surface area is 158 Å². The number of H-pyrrole nitrogens is 1. The summed E-state index contributed by atoms with van der Waals surface area (Å²) in [6, 6.07) is 15.9. The molecule has 0 aliphatic carbocycles. The Morgan fingerprint density at radius 1 is 1.04 bits per heavy atom. The lowest BCUT2D eigenvalue weighted by Crippen LogP contribution is -2.23. The highest BCUT2D eigenvalue weighted by molar-refractivity contribution is 6.31. The maximum Gasteiger partial charge on any atom is 0.267 e. The van der Waals surface area contributed by atoms with E-state index in [1.54, 1.807) is 0 Å². The summed E-state index contributed by atoms with van der Waals surface area (Å²) in [6.45, 7) is 3.93. The first-order valence-corrected chi connectivity index (χ1v) is 9.42. The number of fused-ring (bicyclic) bond motifs is 1. The molecule has 4 nitrogen and oxygen atoms in total. The van der Waals surface area contributed by atoms with Crippen molar-refractivity contribution in [3.63, 3.8) is 0 Å².